The summed E-state index contributed by atoms with van der Waals surface area (Å²) in [6.07, 6.45) is 5.26. The number of nitrogens with two attached hydrogens (primary N) is 1. The van der Waals surface area contributed by atoms with E-state index in [9.17, 15) is 0 Å². The Bertz CT molecular complexity index is 380. The molecule has 2 aromatic rings. The van der Waals surface area contributed by atoms with Crippen LogP contribution in [0.25, 0.3) is 11.3 Å². The van der Waals surface area contributed by atoms with Crippen LogP contribution in [-0.4, -0.2) is 15.2 Å². The molecule has 0 spiro atoms. The molecule has 0 saturated heterocycles. The van der Waals surface area contributed by atoms with Gasteiger partial charge in [0.1, 0.15) is 0 Å². The van der Waals surface area contributed by atoms with Crippen molar-refractivity contribution < 1.29 is 0 Å². The Kier molecular flexibility index (Phi) is 2.06. The van der Waals surface area contributed by atoms with Crippen LogP contribution >= 0.6 is 0 Å². The molecule has 0 bridgehead atoms. The van der Waals surface area contributed by atoms with Gasteiger partial charge in [0.2, 0.25) is 0 Å². The van der Waals surface area contributed by atoms with Gasteiger partial charge in [0.05, 0.1) is 11.9 Å². The third kappa shape index (κ3) is 1.43. The van der Waals surface area contributed by atoms with Crippen LogP contribution in [0.1, 0.15) is 5.56 Å². The van der Waals surface area contributed by atoms with Gasteiger partial charge in [-0.3, -0.25) is 10.1 Å². The van der Waals surface area contributed by atoms with Crippen molar-refractivity contribution in [3.63, 3.8) is 0 Å². The van der Waals surface area contributed by atoms with E-state index in [1.165, 1.54) is 0 Å². The molecule has 66 valence electrons. The minimum atomic E-state index is 0.487. The first kappa shape index (κ1) is 7.94. The molecule has 0 aromatic carbocycles. The van der Waals surface area contributed by atoms with Gasteiger partial charge in [-0.2, -0.15) is 5.10 Å². The van der Waals surface area contributed by atoms with Gasteiger partial charge < -0.3 is 5.73 Å². The van der Waals surface area contributed by atoms with Crippen LogP contribution in [0.4, 0.5) is 0 Å². The van der Waals surface area contributed by atoms with Crippen LogP contribution in [0.15, 0.2) is 30.7 Å². The van der Waals surface area contributed by atoms with Crippen LogP contribution in [0, 0.1) is 0 Å². The molecule has 2 rings (SSSR count). The maximum Gasteiger partial charge on any atom is 0.0710 e. The van der Waals surface area contributed by atoms with Crippen LogP contribution in [0.2, 0.25) is 0 Å². The molecule has 0 aliphatic rings. The van der Waals surface area contributed by atoms with Crippen molar-refractivity contribution in [3.05, 3.63) is 36.3 Å². The molecule has 0 fully saturated rings. The third-order valence-corrected chi connectivity index (χ3v) is 1.89. The van der Waals surface area contributed by atoms with E-state index in [0.717, 1.165) is 16.8 Å². The molecule has 0 atom stereocenters. The lowest BCUT2D eigenvalue weighted by atomic mass is 10.1. The second-order valence-electron chi connectivity index (χ2n) is 2.72. The number of hydrogen-bond acceptors (Lipinski definition) is 3. The number of rotatable bonds is 2. The first-order valence-corrected chi connectivity index (χ1v) is 4.04. The largest absolute Gasteiger partial charge is 0.326 e. The quantitative estimate of drug-likeness (QED) is 0.711. The zero-order valence-electron chi connectivity index (χ0n) is 7.07. The lowest BCUT2D eigenvalue weighted by molar-refractivity contribution is 1.08. The average Bonchev–Trinajstić information content (AvgIpc) is 2.67. The van der Waals surface area contributed by atoms with Crippen molar-refractivity contribution in [2.75, 3.05) is 0 Å². The fourth-order valence-corrected chi connectivity index (χ4v) is 1.23. The summed E-state index contributed by atoms with van der Waals surface area (Å²) in [4.78, 5) is 4.03. The molecule has 0 unspecified atom stereocenters. The van der Waals surface area contributed by atoms with E-state index in [1.54, 1.807) is 18.6 Å². The molecule has 13 heavy (non-hydrogen) atoms. The van der Waals surface area contributed by atoms with Crippen LogP contribution in [0.5, 0.6) is 0 Å². The molecule has 0 saturated carbocycles. The summed E-state index contributed by atoms with van der Waals surface area (Å²) >= 11 is 0. The topological polar surface area (TPSA) is 67.6 Å². The van der Waals surface area contributed by atoms with E-state index in [1.807, 2.05) is 12.1 Å². The molecule has 4 heteroatoms. The monoisotopic (exact) mass is 174 g/mol. The van der Waals surface area contributed by atoms with Gasteiger partial charge in [-0.05, 0) is 12.1 Å². The van der Waals surface area contributed by atoms with Crippen LogP contribution in [-0.2, 0) is 6.54 Å². The second-order valence-corrected chi connectivity index (χ2v) is 2.72. The molecule has 2 heterocycles. The summed E-state index contributed by atoms with van der Waals surface area (Å²) in [7, 11) is 0. The van der Waals surface area contributed by atoms with E-state index in [0.29, 0.717) is 6.54 Å². The fraction of sp³-hybridized carbons (Fsp3) is 0.111. The Morgan fingerprint density at radius 3 is 3.00 bits per heavy atom. The highest BCUT2D eigenvalue weighted by molar-refractivity contribution is 5.61. The molecule has 0 amide bonds. The molecule has 0 aliphatic heterocycles. The second kappa shape index (κ2) is 3.37. The molecule has 0 aliphatic carbocycles. The summed E-state index contributed by atoms with van der Waals surface area (Å²) in [6, 6.07) is 3.86. The Morgan fingerprint density at radius 2 is 2.31 bits per heavy atom. The number of aromatic nitrogens is 3. The summed E-state index contributed by atoms with van der Waals surface area (Å²) in [5, 5.41) is 6.84. The third-order valence-electron chi connectivity index (χ3n) is 1.89. The van der Waals surface area contributed by atoms with Crippen molar-refractivity contribution in [2.24, 2.45) is 5.73 Å². The average molecular weight is 174 g/mol. The molecule has 3 N–H and O–H groups in total. The first-order chi connectivity index (χ1) is 6.42. The van der Waals surface area contributed by atoms with E-state index in [-0.39, 0.29) is 0 Å². The van der Waals surface area contributed by atoms with Gasteiger partial charge in [-0.1, -0.05) is 0 Å². The van der Waals surface area contributed by atoms with Crippen LogP contribution in [0.3, 0.4) is 0 Å². The number of pyridine rings is 1. The highest BCUT2D eigenvalue weighted by Crippen LogP contribution is 2.18. The van der Waals surface area contributed by atoms with E-state index in [2.05, 4.69) is 15.2 Å². The first-order valence-electron chi connectivity index (χ1n) is 4.04. The van der Waals surface area contributed by atoms with Crippen molar-refractivity contribution in [3.8, 4) is 11.3 Å². The summed E-state index contributed by atoms with van der Waals surface area (Å²) < 4.78 is 0. The summed E-state index contributed by atoms with van der Waals surface area (Å²) in [5.41, 5.74) is 8.53. The van der Waals surface area contributed by atoms with E-state index in [4.69, 9.17) is 5.73 Å². The van der Waals surface area contributed by atoms with Gasteiger partial charge in [0.25, 0.3) is 0 Å². The molecular weight excluding hydrogens is 164 g/mol. The highest BCUT2D eigenvalue weighted by Gasteiger charge is 2.04. The van der Waals surface area contributed by atoms with Gasteiger partial charge in [-0.15, -0.1) is 0 Å². The Balaban J connectivity index is 2.47. The van der Waals surface area contributed by atoms with Gasteiger partial charge >= 0.3 is 0 Å². The maximum absolute atomic E-state index is 5.55. The zero-order chi connectivity index (χ0) is 9.10. The van der Waals surface area contributed by atoms with Gasteiger partial charge in [0.15, 0.2) is 0 Å². The predicted octanol–water partition coefficient (Wildman–Crippen LogP) is 0.930. The minimum Gasteiger partial charge on any atom is -0.326 e. The highest BCUT2D eigenvalue weighted by atomic mass is 15.1. The normalized spacial score (nSPS) is 10.2. The van der Waals surface area contributed by atoms with E-state index >= 15 is 0 Å². The zero-order valence-corrected chi connectivity index (χ0v) is 7.07. The lowest BCUT2D eigenvalue weighted by Gasteiger charge is -1.98. The van der Waals surface area contributed by atoms with Crippen molar-refractivity contribution in [1.82, 2.24) is 15.2 Å². The van der Waals surface area contributed by atoms with Crippen molar-refractivity contribution in [1.29, 1.82) is 0 Å². The number of H-pyrrole nitrogens is 1. The Morgan fingerprint density at radius 1 is 1.38 bits per heavy atom. The number of aromatic amines is 1. The van der Waals surface area contributed by atoms with Crippen LogP contribution < -0.4 is 5.73 Å². The Labute approximate surface area is 75.8 Å². The van der Waals surface area contributed by atoms with Gasteiger partial charge in [0, 0.05) is 30.1 Å². The molecular formula is C9H10N4. The molecule has 2 aromatic heterocycles. The van der Waals surface area contributed by atoms with E-state index < -0.39 is 0 Å². The molecule has 0 radical (unpaired) electrons. The standard InChI is InChI=1S/C9H10N4/c10-4-8-6-12-13-9(8)7-2-1-3-11-5-7/h1-3,5-6H,4,10H2,(H,12,13). The predicted molar refractivity (Wildman–Crippen MR) is 49.7 cm³/mol. The number of nitrogens with zero attached hydrogens (tertiary/aromatic N) is 2. The van der Waals surface area contributed by atoms with Crippen molar-refractivity contribution >= 4 is 0 Å². The number of nitrogens with one attached hydrogen (secondary N) is 1. The van der Waals surface area contributed by atoms with Gasteiger partial charge in [-0.25, -0.2) is 0 Å². The smallest absolute Gasteiger partial charge is 0.0710 e. The van der Waals surface area contributed by atoms with Crippen molar-refractivity contribution in [2.45, 2.75) is 6.54 Å². The minimum absolute atomic E-state index is 0.487. The lowest BCUT2D eigenvalue weighted by Crippen LogP contribution is -1.96. The fourth-order valence-electron chi connectivity index (χ4n) is 1.23. The number of hydrogen-bond donors (Lipinski definition) is 2. The molecule has 4 nitrogen and oxygen atoms in total. The Hall–Kier alpha value is -1.68. The summed E-state index contributed by atoms with van der Waals surface area (Å²) in [6.45, 7) is 0.487. The SMILES string of the molecule is NCc1cn[nH]c1-c1cccnc1. The summed E-state index contributed by atoms with van der Waals surface area (Å²) in [5.74, 6) is 0. The maximum atomic E-state index is 5.55.